The Balaban J connectivity index is 2.69. The molecule has 0 fully saturated rings. The van der Waals surface area contributed by atoms with Gasteiger partial charge in [0.15, 0.2) is 5.78 Å². The summed E-state index contributed by atoms with van der Waals surface area (Å²) < 4.78 is 1.80. The van der Waals surface area contributed by atoms with Crippen LogP contribution in [0, 0.1) is 0 Å². The van der Waals surface area contributed by atoms with E-state index >= 15 is 0 Å². The molecule has 1 N–H and O–H groups in total. The van der Waals surface area contributed by atoms with Gasteiger partial charge in [-0.3, -0.25) is 4.79 Å². The van der Waals surface area contributed by atoms with E-state index < -0.39 is 0 Å². The van der Waals surface area contributed by atoms with Gasteiger partial charge in [0.05, 0.1) is 24.0 Å². The number of nitrogens with zero attached hydrogens (tertiary/aromatic N) is 2. The van der Waals surface area contributed by atoms with Gasteiger partial charge in [0, 0.05) is 12.1 Å². The fourth-order valence-electron chi connectivity index (χ4n) is 1.69. The number of imidazole rings is 1. The Labute approximate surface area is 87.2 Å². The number of benzene rings is 1. The summed E-state index contributed by atoms with van der Waals surface area (Å²) >= 11 is 0. The molecule has 1 aromatic heterocycles. The molecule has 2 aromatic rings. The van der Waals surface area contributed by atoms with Crippen molar-refractivity contribution in [1.82, 2.24) is 9.55 Å². The Bertz CT molecular complexity index is 502. The third-order valence-electron chi connectivity index (χ3n) is 2.36. The van der Waals surface area contributed by atoms with Gasteiger partial charge < -0.3 is 9.67 Å². The zero-order valence-electron chi connectivity index (χ0n) is 8.47. The van der Waals surface area contributed by atoms with E-state index in [0.29, 0.717) is 12.1 Å². The Hall–Kier alpha value is -1.68. The minimum absolute atomic E-state index is 0.0142. The summed E-state index contributed by atoms with van der Waals surface area (Å²) in [5.41, 5.74) is 2.24. The molecule has 1 heterocycles. The summed E-state index contributed by atoms with van der Waals surface area (Å²) in [5.74, 6) is 0.0142. The molecule has 0 amide bonds. The minimum Gasteiger partial charge on any atom is -0.395 e. The number of carbonyl (C=O) groups is 1. The number of Topliss-reactive ketones (excluding diaryl/α,β-unsaturated/α-hetero) is 1. The number of para-hydroxylation sites is 1. The lowest BCUT2D eigenvalue weighted by atomic mass is 10.1. The first-order valence-corrected chi connectivity index (χ1v) is 4.79. The lowest BCUT2D eigenvalue weighted by molar-refractivity contribution is 0.101. The van der Waals surface area contributed by atoms with Crippen LogP contribution >= 0.6 is 0 Å². The van der Waals surface area contributed by atoms with E-state index in [0.717, 1.165) is 11.0 Å². The number of fused-ring (bicyclic) bond motifs is 1. The molecule has 0 aliphatic carbocycles. The number of rotatable bonds is 3. The molecule has 0 bridgehead atoms. The molecule has 0 saturated carbocycles. The number of ketones is 1. The van der Waals surface area contributed by atoms with Crippen LogP contribution in [0.2, 0.25) is 0 Å². The van der Waals surface area contributed by atoms with Crippen LogP contribution in [0.15, 0.2) is 24.5 Å². The maximum atomic E-state index is 11.4. The van der Waals surface area contributed by atoms with Crippen molar-refractivity contribution in [3.05, 3.63) is 30.1 Å². The molecule has 1 aromatic carbocycles. The number of hydrogen-bond acceptors (Lipinski definition) is 3. The maximum Gasteiger partial charge on any atom is 0.161 e. The first-order chi connectivity index (χ1) is 7.24. The molecule has 2 rings (SSSR count). The van der Waals surface area contributed by atoms with Gasteiger partial charge in [-0.15, -0.1) is 0 Å². The van der Waals surface area contributed by atoms with E-state index in [1.165, 1.54) is 6.92 Å². The van der Waals surface area contributed by atoms with Crippen LogP contribution in [0.5, 0.6) is 0 Å². The lowest BCUT2D eigenvalue weighted by Gasteiger charge is -2.04. The van der Waals surface area contributed by atoms with Gasteiger partial charge in [0.2, 0.25) is 0 Å². The fourth-order valence-corrected chi connectivity index (χ4v) is 1.69. The van der Waals surface area contributed by atoms with Crippen molar-refractivity contribution in [3.63, 3.8) is 0 Å². The third-order valence-corrected chi connectivity index (χ3v) is 2.36. The second-order valence-electron chi connectivity index (χ2n) is 3.39. The second-order valence-corrected chi connectivity index (χ2v) is 3.39. The molecule has 0 unspecified atom stereocenters. The zero-order chi connectivity index (χ0) is 10.8. The van der Waals surface area contributed by atoms with Gasteiger partial charge in [-0.05, 0) is 19.1 Å². The van der Waals surface area contributed by atoms with Crippen LogP contribution < -0.4 is 0 Å². The summed E-state index contributed by atoms with van der Waals surface area (Å²) in [6, 6.07) is 5.45. The van der Waals surface area contributed by atoms with Crippen LogP contribution in [0.1, 0.15) is 17.3 Å². The smallest absolute Gasteiger partial charge is 0.161 e. The molecule has 0 saturated heterocycles. The SMILES string of the molecule is CC(=O)c1cccc2ncn(CCO)c12. The highest BCUT2D eigenvalue weighted by Crippen LogP contribution is 2.18. The highest BCUT2D eigenvalue weighted by Gasteiger charge is 2.10. The lowest BCUT2D eigenvalue weighted by Crippen LogP contribution is -2.03. The van der Waals surface area contributed by atoms with Gasteiger partial charge in [-0.2, -0.15) is 0 Å². The van der Waals surface area contributed by atoms with Gasteiger partial charge in [0.25, 0.3) is 0 Å². The molecule has 15 heavy (non-hydrogen) atoms. The minimum atomic E-state index is 0.0142. The molecular weight excluding hydrogens is 192 g/mol. The predicted molar refractivity (Wildman–Crippen MR) is 56.8 cm³/mol. The van der Waals surface area contributed by atoms with Gasteiger partial charge >= 0.3 is 0 Å². The van der Waals surface area contributed by atoms with Crippen molar-refractivity contribution >= 4 is 16.8 Å². The van der Waals surface area contributed by atoms with E-state index in [4.69, 9.17) is 5.11 Å². The Morgan fingerprint density at radius 1 is 1.53 bits per heavy atom. The number of aliphatic hydroxyl groups is 1. The molecule has 0 aliphatic heterocycles. The van der Waals surface area contributed by atoms with E-state index in [2.05, 4.69) is 4.98 Å². The molecule has 4 heteroatoms. The normalized spacial score (nSPS) is 10.8. The van der Waals surface area contributed by atoms with Gasteiger partial charge in [-0.1, -0.05) is 6.07 Å². The van der Waals surface area contributed by atoms with Crippen LogP contribution in [-0.2, 0) is 6.54 Å². The topological polar surface area (TPSA) is 55.1 Å². The highest BCUT2D eigenvalue weighted by molar-refractivity contribution is 6.04. The Kier molecular flexibility index (Phi) is 2.51. The van der Waals surface area contributed by atoms with E-state index in [9.17, 15) is 4.79 Å². The summed E-state index contributed by atoms with van der Waals surface area (Å²) in [5, 5.41) is 8.89. The molecule has 0 aliphatic rings. The molecule has 0 atom stereocenters. The maximum absolute atomic E-state index is 11.4. The predicted octanol–water partition coefficient (Wildman–Crippen LogP) is 1.23. The van der Waals surface area contributed by atoms with Crippen molar-refractivity contribution in [3.8, 4) is 0 Å². The van der Waals surface area contributed by atoms with Crippen molar-refractivity contribution in [2.75, 3.05) is 6.61 Å². The zero-order valence-corrected chi connectivity index (χ0v) is 8.47. The highest BCUT2D eigenvalue weighted by atomic mass is 16.3. The standard InChI is InChI=1S/C11H12N2O2/c1-8(15)9-3-2-4-10-11(9)13(5-6-14)7-12-10/h2-4,7,14H,5-6H2,1H3. The van der Waals surface area contributed by atoms with Crippen LogP contribution in [0.3, 0.4) is 0 Å². The second kappa shape index (κ2) is 3.82. The molecular formula is C11H12N2O2. The quantitative estimate of drug-likeness (QED) is 0.765. The average Bonchev–Trinajstić information content (AvgIpc) is 2.62. The monoisotopic (exact) mass is 204 g/mol. The van der Waals surface area contributed by atoms with Gasteiger partial charge in [-0.25, -0.2) is 4.98 Å². The van der Waals surface area contributed by atoms with Crippen molar-refractivity contribution in [2.24, 2.45) is 0 Å². The molecule has 0 radical (unpaired) electrons. The van der Waals surface area contributed by atoms with E-state index in [1.54, 1.807) is 17.0 Å². The summed E-state index contributed by atoms with van der Waals surface area (Å²) in [6.45, 7) is 2.03. The molecule has 0 spiro atoms. The van der Waals surface area contributed by atoms with Crippen LogP contribution in [0.4, 0.5) is 0 Å². The number of aliphatic hydroxyl groups excluding tert-OH is 1. The Morgan fingerprint density at radius 2 is 2.33 bits per heavy atom. The number of carbonyl (C=O) groups excluding carboxylic acids is 1. The number of aromatic nitrogens is 2. The fraction of sp³-hybridized carbons (Fsp3) is 0.273. The summed E-state index contributed by atoms with van der Waals surface area (Å²) in [4.78, 5) is 15.6. The number of hydrogen-bond donors (Lipinski definition) is 1. The summed E-state index contributed by atoms with van der Waals surface area (Å²) in [6.07, 6.45) is 1.65. The van der Waals surface area contributed by atoms with Crippen molar-refractivity contribution in [1.29, 1.82) is 0 Å². The molecule has 4 nitrogen and oxygen atoms in total. The van der Waals surface area contributed by atoms with Crippen molar-refractivity contribution in [2.45, 2.75) is 13.5 Å². The van der Waals surface area contributed by atoms with E-state index in [1.807, 2.05) is 12.1 Å². The van der Waals surface area contributed by atoms with Gasteiger partial charge in [0.1, 0.15) is 0 Å². The largest absolute Gasteiger partial charge is 0.395 e. The first kappa shape index (κ1) is 9.86. The van der Waals surface area contributed by atoms with Crippen LogP contribution in [-0.4, -0.2) is 27.0 Å². The van der Waals surface area contributed by atoms with Crippen LogP contribution in [0.25, 0.3) is 11.0 Å². The third kappa shape index (κ3) is 1.64. The average molecular weight is 204 g/mol. The Morgan fingerprint density at radius 3 is 3.00 bits per heavy atom. The summed E-state index contributed by atoms with van der Waals surface area (Å²) in [7, 11) is 0. The first-order valence-electron chi connectivity index (χ1n) is 4.79. The molecule has 78 valence electrons. The van der Waals surface area contributed by atoms with E-state index in [-0.39, 0.29) is 12.4 Å². The van der Waals surface area contributed by atoms with Crippen molar-refractivity contribution < 1.29 is 9.90 Å².